The smallest absolute Gasteiger partial charge is 0.247 e. The van der Waals surface area contributed by atoms with E-state index in [-0.39, 0.29) is 11.8 Å². The summed E-state index contributed by atoms with van der Waals surface area (Å²) >= 11 is 0. The van der Waals surface area contributed by atoms with Crippen LogP contribution in [0.3, 0.4) is 0 Å². The molecule has 1 aromatic heterocycles. The first-order valence-electron chi connectivity index (χ1n) is 7.23. The van der Waals surface area contributed by atoms with E-state index in [1.807, 2.05) is 43.3 Å². The molecule has 5 heteroatoms. The molecular formula is C17H18N2O3. The molecule has 0 bridgehead atoms. The summed E-state index contributed by atoms with van der Waals surface area (Å²) < 4.78 is 5.44. The lowest BCUT2D eigenvalue weighted by Gasteiger charge is -2.33. The van der Waals surface area contributed by atoms with Gasteiger partial charge in [-0.15, -0.1) is 0 Å². The van der Waals surface area contributed by atoms with Crippen molar-refractivity contribution >= 4 is 11.8 Å². The fourth-order valence-corrected chi connectivity index (χ4v) is 2.77. The van der Waals surface area contributed by atoms with Gasteiger partial charge in [0.05, 0.1) is 13.0 Å². The normalized spacial score (nSPS) is 17.3. The number of rotatable bonds is 3. The van der Waals surface area contributed by atoms with E-state index < -0.39 is 6.04 Å². The van der Waals surface area contributed by atoms with Gasteiger partial charge < -0.3 is 14.6 Å². The molecule has 0 saturated carbocycles. The first-order chi connectivity index (χ1) is 10.6. The van der Waals surface area contributed by atoms with Crippen molar-refractivity contribution in [3.05, 3.63) is 59.0 Å². The number of aryl methyl sites for hydroxylation is 1. The number of likely N-dealkylation sites (N-methyl/N-ethyl adjacent to an activating group) is 1. The zero-order chi connectivity index (χ0) is 15.7. The van der Waals surface area contributed by atoms with Crippen molar-refractivity contribution in [2.75, 3.05) is 7.05 Å². The highest BCUT2D eigenvalue weighted by molar-refractivity contribution is 5.92. The molecule has 22 heavy (non-hydrogen) atoms. The number of hydrogen-bond donors (Lipinski definition) is 1. The Morgan fingerprint density at radius 2 is 2.09 bits per heavy atom. The predicted octanol–water partition coefficient (Wildman–Crippen LogP) is 1.96. The molecule has 1 atom stereocenters. The van der Waals surface area contributed by atoms with Crippen LogP contribution in [0.4, 0.5) is 0 Å². The van der Waals surface area contributed by atoms with E-state index in [1.54, 1.807) is 7.05 Å². The molecule has 0 unspecified atom stereocenters. The average molecular weight is 298 g/mol. The second kappa shape index (κ2) is 5.67. The van der Waals surface area contributed by atoms with Gasteiger partial charge in [0.25, 0.3) is 0 Å². The van der Waals surface area contributed by atoms with Gasteiger partial charge in [0, 0.05) is 7.05 Å². The number of benzene rings is 1. The lowest BCUT2D eigenvalue weighted by atomic mass is 9.92. The second-order valence-electron chi connectivity index (χ2n) is 5.51. The van der Waals surface area contributed by atoms with Crippen LogP contribution in [0.25, 0.3) is 0 Å². The molecule has 5 nitrogen and oxygen atoms in total. The number of furan rings is 1. The maximum Gasteiger partial charge on any atom is 0.247 e. The van der Waals surface area contributed by atoms with Crippen molar-refractivity contribution in [1.29, 1.82) is 0 Å². The summed E-state index contributed by atoms with van der Waals surface area (Å²) in [6, 6.07) is 10.7. The van der Waals surface area contributed by atoms with Crippen LogP contribution < -0.4 is 5.32 Å². The Morgan fingerprint density at radius 1 is 1.32 bits per heavy atom. The average Bonchev–Trinajstić information content (AvgIpc) is 2.92. The Bertz CT molecular complexity index is 720. The third-order valence-electron chi connectivity index (χ3n) is 3.95. The van der Waals surface area contributed by atoms with Gasteiger partial charge in [-0.05, 0) is 30.2 Å². The minimum atomic E-state index is -0.589. The highest BCUT2D eigenvalue weighted by atomic mass is 16.3. The molecule has 1 aliphatic heterocycles. The molecule has 0 fully saturated rings. The van der Waals surface area contributed by atoms with Crippen LogP contribution in [0.5, 0.6) is 0 Å². The van der Waals surface area contributed by atoms with Gasteiger partial charge in [0.1, 0.15) is 17.6 Å². The van der Waals surface area contributed by atoms with Crippen LogP contribution >= 0.6 is 0 Å². The van der Waals surface area contributed by atoms with Crippen LogP contribution in [0, 0.1) is 6.92 Å². The van der Waals surface area contributed by atoms with Gasteiger partial charge in [-0.2, -0.15) is 0 Å². The largest absolute Gasteiger partial charge is 0.465 e. The molecule has 114 valence electrons. The summed E-state index contributed by atoms with van der Waals surface area (Å²) in [6.07, 6.45) is 0.341. The van der Waals surface area contributed by atoms with Crippen LogP contribution in [0.15, 0.2) is 40.8 Å². The maximum absolute atomic E-state index is 12.6. The first-order valence-corrected chi connectivity index (χ1v) is 7.23. The van der Waals surface area contributed by atoms with Crippen LogP contribution in [-0.2, 0) is 22.6 Å². The Balaban J connectivity index is 1.80. The molecular weight excluding hydrogens is 280 g/mol. The molecule has 0 aliphatic carbocycles. The monoisotopic (exact) mass is 298 g/mol. The molecule has 2 aromatic rings. The molecule has 1 aromatic carbocycles. The molecule has 1 N–H and O–H groups in total. The third-order valence-corrected chi connectivity index (χ3v) is 3.95. The summed E-state index contributed by atoms with van der Waals surface area (Å²) in [7, 11) is 1.67. The third kappa shape index (κ3) is 2.62. The molecule has 2 heterocycles. The fourth-order valence-electron chi connectivity index (χ4n) is 2.77. The lowest BCUT2D eigenvalue weighted by Crippen LogP contribution is -2.45. The Labute approximate surface area is 128 Å². The van der Waals surface area contributed by atoms with E-state index in [0.29, 0.717) is 18.7 Å². The Hall–Kier alpha value is -2.56. The standard InChI is InChI=1S/C17H18N2O3/c1-11-7-8-13(22-11)10-18-17(21)16-14-6-4-3-5-12(14)9-15(20)19(16)2/h3-8,16H,9-10H2,1-2H3,(H,18,21)/t16-/m1/s1. The highest BCUT2D eigenvalue weighted by Gasteiger charge is 2.34. The minimum Gasteiger partial charge on any atom is -0.465 e. The minimum absolute atomic E-state index is 0.0484. The molecule has 0 saturated heterocycles. The summed E-state index contributed by atoms with van der Waals surface area (Å²) in [5.41, 5.74) is 1.80. The topological polar surface area (TPSA) is 62.6 Å². The molecule has 3 rings (SSSR count). The van der Waals surface area contributed by atoms with Crippen LogP contribution in [-0.4, -0.2) is 23.8 Å². The van der Waals surface area contributed by atoms with Gasteiger partial charge in [0.2, 0.25) is 11.8 Å². The van der Waals surface area contributed by atoms with Gasteiger partial charge in [0.15, 0.2) is 0 Å². The van der Waals surface area contributed by atoms with E-state index in [9.17, 15) is 9.59 Å². The fraction of sp³-hybridized carbons (Fsp3) is 0.294. The SMILES string of the molecule is Cc1ccc(CNC(=O)[C@H]2c3ccccc3CC(=O)N2C)o1. The summed E-state index contributed by atoms with van der Waals surface area (Å²) in [5.74, 6) is 1.26. The van der Waals surface area contributed by atoms with E-state index in [1.165, 1.54) is 4.90 Å². The molecule has 0 radical (unpaired) electrons. The van der Waals surface area contributed by atoms with Crippen molar-refractivity contribution in [1.82, 2.24) is 10.2 Å². The van der Waals surface area contributed by atoms with Gasteiger partial charge in [-0.25, -0.2) is 0 Å². The first kappa shape index (κ1) is 14.4. The molecule has 1 aliphatic rings. The number of amides is 2. The second-order valence-corrected chi connectivity index (χ2v) is 5.51. The zero-order valence-corrected chi connectivity index (χ0v) is 12.6. The maximum atomic E-state index is 12.6. The quantitative estimate of drug-likeness (QED) is 0.942. The van der Waals surface area contributed by atoms with E-state index in [0.717, 1.165) is 16.9 Å². The highest BCUT2D eigenvalue weighted by Crippen LogP contribution is 2.29. The number of hydrogen-bond acceptors (Lipinski definition) is 3. The van der Waals surface area contributed by atoms with Crippen LogP contribution in [0.2, 0.25) is 0 Å². The Kier molecular flexibility index (Phi) is 3.71. The van der Waals surface area contributed by atoms with Crippen LogP contribution in [0.1, 0.15) is 28.7 Å². The van der Waals surface area contributed by atoms with E-state index >= 15 is 0 Å². The van der Waals surface area contributed by atoms with Gasteiger partial charge in [-0.3, -0.25) is 9.59 Å². The summed E-state index contributed by atoms with van der Waals surface area (Å²) in [4.78, 5) is 26.1. The number of fused-ring (bicyclic) bond motifs is 1. The Morgan fingerprint density at radius 3 is 2.82 bits per heavy atom. The lowest BCUT2D eigenvalue weighted by molar-refractivity contribution is -0.140. The van der Waals surface area contributed by atoms with Crippen molar-refractivity contribution in [3.8, 4) is 0 Å². The van der Waals surface area contributed by atoms with Crippen molar-refractivity contribution in [2.45, 2.75) is 25.9 Å². The summed E-state index contributed by atoms with van der Waals surface area (Å²) in [6.45, 7) is 2.17. The van der Waals surface area contributed by atoms with Gasteiger partial charge >= 0.3 is 0 Å². The van der Waals surface area contributed by atoms with Crippen molar-refractivity contribution < 1.29 is 14.0 Å². The molecule has 0 spiro atoms. The number of carbonyl (C=O) groups excluding carboxylic acids is 2. The van der Waals surface area contributed by atoms with Gasteiger partial charge in [-0.1, -0.05) is 24.3 Å². The number of nitrogens with zero attached hydrogens (tertiary/aromatic N) is 1. The van der Waals surface area contributed by atoms with E-state index in [4.69, 9.17) is 4.42 Å². The van der Waals surface area contributed by atoms with E-state index in [2.05, 4.69) is 5.32 Å². The summed E-state index contributed by atoms with van der Waals surface area (Å²) in [5, 5.41) is 2.85. The number of carbonyl (C=O) groups is 2. The number of nitrogens with one attached hydrogen (secondary N) is 1. The van der Waals surface area contributed by atoms with Crippen molar-refractivity contribution in [3.63, 3.8) is 0 Å². The van der Waals surface area contributed by atoms with Crippen molar-refractivity contribution in [2.24, 2.45) is 0 Å². The zero-order valence-electron chi connectivity index (χ0n) is 12.6. The predicted molar refractivity (Wildman–Crippen MR) is 80.9 cm³/mol. The molecule has 2 amide bonds.